The number of hydrogen-bond donors (Lipinski definition) is 1. The molecule has 3 nitrogen and oxygen atoms in total. The number of halogens is 3. The number of alkyl halides is 3. The largest absolute Gasteiger partial charge is 0.416 e. The minimum atomic E-state index is -4.71. The van der Waals surface area contributed by atoms with Crippen LogP contribution in [0.2, 0.25) is 0 Å². The van der Waals surface area contributed by atoms with E-state index in [1.54, 1.807) is 0 Å². The van der Waals surface area contributed by atoms with Gasteiger partial charge in [-0.3, -0.25) is 4.79 Å². The van der Waals surface area contributed by atoms with Crippen molar-refractivity contribution in [3.8, 4) is 0 Å². The van der Waals surface area contributed by atoms with Crippen molar-refractivity contribution in [1.29, 1.82) is 0 Å². The van der Waals surface area contributed by atoms with Crippen molar-refractivity contribution in [2.75, 3.05) is 13.6 Å². The smallest absolute Gasteiger partial charge is 0.382 e. The van der Waals surface area contributed by atoms with E-state index in [4.69, 9.17) is 5.11 Å². The Bertz CT molecular complexity index is 759. The number of carbonyl (C=O) groups excluding carboxylic acids is 1. The summed E-state index contributed by atoms with van der Waals surface area (Å²) >= 11 is 0. The number of amides is 1. The zero-order chi connectivity index (χ0) is 17.5. The third kappa shape index (κ3) is 3.38. The van der Waals surface area contributed by atoms with Crippen molar-refractivity contribution in [1.82, 2.24) is 4.90 Å². The average Bonchev–Trinajstić information content (AvgIpc) is 3.33. The van der Waals surface area contributed by atoms with Gasteiger partial charge in [0.05, 0.1) is 6.54 Å². The number of likely N-dealkylation sites (N-methyl/N-ethyl adjacent to an activating group) is 1. The van der Waals surface area contributed by atoms with Gasteiger partial charge in [0.25, 0.3) is 0 Å². The third-order valence-corrected chi connectivity index (χ3v) is 4.51. The van der Waals surface area contributed by atoms with Gasteiger partial charge in [-0.25, -0.2) is 0 Å². The Morgan fingerprint density at radius 3 is 2.58 bits per heavy atom. The molecule has 0 aromatic heterocycles. The average molecular weight is 337 g/mol. The molecule has 0 bridgehead atoms. The molecule has 128 valence electrons. The summed E-state index contributed by atoms with van der Waals surface area (Å²) in [6.45, 7) is -0.733. The van der Waals surface area contributed by atoms with E-state index in [-0.39, 0.29) is 17.7 Å². The first-order valence-electron chi connectivity index (χ1n) is 7.76. The fourth-order valence-electron chi connectivity index (χ4n) is 3.01. The molecular weight excluding hydrogens is 319 g/mol. The monoisotopic (exact) mass is 337 g/mol. The molecule has 0 spiro atoms. The first-order valence-corrected chi connectivity index (χ1v) is 7.76. The van der Waals surface area contributed by atoms with Gasteiger partial charge in [-0.15, -0.1) is 0 Å². The van der Waals surface area contributed by atoms with Gasteiger partial charge in [0.15, 0.2) is 6.10 Å². The summed E-state index contributed by atoms with van der Waals surface area (Å²) in [6, 6.07) is 13.9. The molecule has 1 aliphatic carbocycles. The summed E-state index contributed by atoms with van der Waals surface area (Å²) in [5.74, 6) is -0.624. The van der Waals surface area contributed by atoms with Crippen molar-refractivity contribution in [2.24, 2.45) is 5.92 Å². The van der Waals surface area contributed by atoms with Crippen LogP contribution in [-0.4, -0.2) is 41.8 Å². The van der Waals surface area contributed by atoms with Gasteiger partial charge >= 0.3 is 6.18 Å². The van der Waals surface area contributed by atoms with Crippen LogP contribution < -0.4 is 0 Å². The van der Waals surface area contributed by atoms with Crippen LogP contribution in [0.4, 0.5) is 13.2 Å². The quantitative estimate of drug-likeness (QED) is 0.930. The Morgan fingerprint density at radius 2 is 1.92 bits per heavy atom. The van der Waals surface area contributed by atoms with Gasteiger partial charge in [-0.05, 0) is 28.7 Å². The SMILES string of the molecule is CN(CC(O)C(F)(F)F)C(=O)C1CC1c1ccc2ccccc2c1. The number of aliphatic hydroxyl groups excluding tert-OH is 1. The maximum absolute atomic E-state index is 12.4. The Morgan fingerprint density at radius 1 is 1.25 bits per heavy atom. The van der Waals surface area contributed by atoms with Crippen molar-refractivity contribution in [3.63, 3.8) is 0 Å². The van der Waals surface area contributed by atoms with Gasteiger partial charge < -0.3 is 10.0 Å². The summed E-state index contributed by atoms with van der Waals surface area (Å²) in [6.07, 6.45) is -6.59. The van der Waals surface area contributed by atoms with Crippen LogP contribution in [0.25, 0.3) is 10.8 Å². The number of fused-ring (bicyclic) bond motifs is 1. The van der Waals surface area contributed by atoms with Gasteiger partial charge in [0.2, 0.25) is 5.91 Å². The lowest BCUT2D eigenvalue weighted by Gasteiger charge is -2.22. The number of rotatable bonds is 4. The standard InChI is InChI=1S/C18H18F3NO2/c1-22(10-16(23)18(19,20)21)17(24)15-9-14(15)13-7-6-11-4-2-3-5-12(11)8-13/h2-8,14-16,23H,9-10H2,1H3. The van der Waals surface area contributed by atoms with Gasteiger partial charge in [-0.1, -0.05) is 42.5 Å². The zero-order valence-electron chi connectivity index (χ0n) is 13.1. The topological polar surface area (TPSA) is 40.5 Å². The maximum atomic E-state index is 12.4. The summed E-state index contributed by atoms with van der Waals surface area (Å²) in [4.78, 5) is 13.2. The number of benzene rings is 2. The first-order chi connectivity index (χ1) is 11.3. The van der Waals surface area contributed by atoms with E-state index < -0.39 is 18.8 Å². The molecular formula is C18H18F3NO2. The molecule has 2 aromatic carbocycles. The molecule has 6 heteroatoms. The van der Waals surface area contributed by atoms with Gasteiger partial charge in [0, 0.05) is 13.0 Å². The highest BCUT2D eigenvalue weighted by atomic mass is 19.4. The number of nitrogens with zero attached hydrogens (tertiary/aromatic N) is 1. The van der Waals surface area contributed by atoms with E-state index in [9.17, 15) is 18.0 Å². The highest BCUT2D eigenvalue weighted by Crippen LogP contribution is 2.48. The number of carbonyl (C=O) groups is 1. The minimum Gasteiger partial charge on any atom is -0.382 e. The maximum Gasteiger partial charge on any atom is 0.416 e. The zero-order valence-corrected chi connectivity index (χ0v) is 13.1. The Kier molecular flexibility index (Phi) is 4.25. The molecule has 2 aromatic rings. The Balaban J connectivity index is 1.66. The highest BCUT2D eigenvalue weighted by Gasteiger charge is 2.47. The van der Waals surface area contributed by atoms with Crippen LogP contribution in [0.15, 0.2) is 42.5 Å². The van der Waals surface area contributed by atoms with Crippen LogP contribution in [0, 0.1) is 5.92 Å². The van der Waals surface area contributed by atoms with Gasteiger partial charge in [-0.2, -0.15) is 13.2 Å². The third-order valence-electron chi connectivity index (χ3n) is 4.51. The van der Waals surface area contributed by atoms with E-state index >= 15 is 0 Å². The van der Waals surface area contributed by atoms with E-state index in [1.807, 2.05) is 42.5 Å². The summed E-state index contributed by atoms with van der Waals surface area (Å²) in [7, 11) is 1.30. The molecule has 1 N–H and O–H groups in total. The molecule has 1 aliphatic rings. The number of aliphatic hydroxyl groups is 1. The Hall–Kier alpha value is -2.08. The lowest BCUT2D eigenvalue weighted by molar-refractivity contribution is -0.207. The molecule has 0 saturated heterocycles. The van der Waals surface area contributed by atoms with Crippen molar-refractivity contribution < 1.29 is 23.1 Å². The fourth-order valence-corrected chi connectivity index (χ4v) is 3.01. The molecule has 3 atom stereocenters. The van der Waals surface area contributed by atoms with E-state index in [2.05, 4.69) is 0 Å². The summed E-state index contributed by atoms with van der Waals surface area (Å²) in [5.41, 5.74) is 1.02. The fraction of sp³-hybridized carbons (Fsp3) is 0.389. The molecule has 3 rings (SSSR count). The summed E-state index contributed by atoms with van der Waals surface area (Å²) in [5, 5.41) is 11.3. The molecule has 1 saturated carbocycles. The Labute approximate surface area is 137 Å². The molecule has 24 heavy (non-hydrogen) atoms. The molecule has 0 heterocycles. The second kappa shape index (κ2) is 6.09. The van der Waals surface area contributed by atoms with Crippen LogP contribution in [0.1, 0.15) is 17.9 Å². The first kappa shape index (κ1) is 16.8. The molecule has 0 aliphatic heterocycles. The van der Waals surface area contributed by atoms with Crippen molar-refractivity contribution in [3.05, 3.63) is 48.0 Å². The van der Waals surface area contributed by atoms with Crippen LogP contribution >= 0.6 is 0 Å². The van der Waals surface area contributed by atoms with Crippen LogP contribution in [0.3, 0.4) is 0 Å². The molecule has 0 radical (unpaired) electrons. The normalized spacial score (nSPS) is 21.5. The lowest BCUT2D eigenvalue weighted by Crippen LogP contribution is -2.42. The van der Waals surface area contributed by atoms with E-state index in [0.717, 1.165) is 21.2 Å². The predicted molar refractivity (Wildman–Crippen MR) is 84.5 cm³/mol. The van der Waals surface area contributed by atoms with E-state index in [0.29, 0.717) is 6.42 Å². The predicted octanol–water partition coefficient (Wildman–Crippen LogP) is 3.32. The lowest BCUT2D eigenvalue weighted by atomic mass is 10.0. The second-order valence-electron chi connectivity index (χ2n) is 6.33. The van der Waals surface area contributed by atoms with Crippen LogP contribution in [0.5, 0.6) is 0 Å². The number of hydrogen-bond acceptors (Lipinski definition) is 2. The summed E-state index contributed by atoms with van der Waals surface area (Å²) < 4.78 is 37.2. The van der Waals surface area contributed by atoms with Crippen molar-refractivity contribution in [2.45, 2.75) is 24.6 Å². The second-order valence-corrected chi connectivity index (χ2v) is 6.33. The van der Waals surface area contributed by atoms with Crippen LogP contribution in [-0.2, 0) is 4.79 Å². The van der Waals surface area contributed by atoms with Crippen molar-refractivity contribution >= 4 is 16.7 Å². The minimum absolute atomic E-state index is 0.0348. The van der Waals surface area contributed by atoms with Gasteiger partial charge in [0.1, 0.15) is 0 Å². The molecule has 1 fully saturated rings. The highest BCUT2D eigenvalue weighted by molar-refractivity contribution is 5.85. The molecule has 1 amide bonds. The van der Waals surface area contributed by atoms with E-state index in [1.165, 1.54) is 7.05 Å². The molecule has 3 unspecified atom stereocenters.